The lowest BCUT2D eigenvalue weighted by atomic mass is 9.95. The molecule has 0 fully saturated rings. The second kappa shape index (κ2) is 9.53. The first-order chi connectivity index (χ1) is 13.1. The number of ether oxygens (including phenoxy) is 1. The van der Waals surface area contributed by atoms with E-state index in [1.807, 2.05) is 31.2 Å². The highest BCUT2D eigenvalue weighted by Gasteiger charge is 2.26. The number of nitrogens with one attached hydrogen (secondary N) is 2. The van der Waals surface area contributed by atoms with Crippen LogP contribution in [-0.4, -0.2) is 24.2 Å². The second-order valence-electron chi connectivity index (χ2n) is 6.40. The molecule has 2 aromatic rings. The van der Waals surface area contributed by atoms with Crippen molar-refractivity contribution in [2.45, 2.75) is 39.0 Å². The number of halogens is 1. The summed E-state index contributed by atoms with van der Waals surface area (Å²) in [5.41, 5.74) is 2.95. The van der Waals surface area contributed by atoms with Crippen molar-refractivity contribution >= 4 is 51.2 Å². The van der Waals surface area contributed by atoms with E-state index < -0.39 is 0 Å². The van der Waals surface area contributed by atoms with Crippen LogP contribution in [-0.2, 0) is 24.0 Å². The number of fused-ring (bicyclic) bond motifs is 1. The first-order valence-electron chi connectivity index (χ1n) is 9.19. The van der Waals surface area contributed by atoms with E-state index in [0.717, 1.165) is 53.3 Å². The van der Waals surface area contributed by atoms with Crippen LogP contribution in [0.3, 0.4) is 0 Å². The van der Waals surface area contributed by atoms with E-state index in [0.29, 0.717) is 23.8 Å². The van der Waals surface area contributed by atoms with Crippen molar-refractivity contribution in [1.82, 2.24) is 5.32 Å². The number of benzene rings is 1. The Kier molecular flexibility index (Phi) is 7.10. The first-order valence-corrected chi connectivity index (χ1v) is 10.8. The molecule has 0 unspecified atom stereocenters. The van der Waals surface area contributed by atoms with Crippen LogP contribution in [0, 0.1) is 0 Å². The van der Waals surface area contributed by atoms with E-state index in [1.54, 1.807) is 11.3 Å². The molecule has 27 heavy (non-hydrogen) atoms. The second-order valence-corrected chi connectivity index (χ2v) is 8.35. The van der Waals surface area contributed by atoms with E-state index in [2.05, 4.69) is 10.6 Å². The smallest absolute Gasteiger partial charge is 0.341 e. The van der Waals surface area contributed by atoms with Gasteiger partial charge in [-0.2, -0.15) is 0 Å². The monoisotopic (exact) mass is 422 g/mol. The topological polar surface area (TPSA) is 50.4 Å². The number of hydrogen-bond donors (Lipinski definition) is 2. The van der Waals surface area contributed by atoms with Gasteiger partial charge >= 0.3 is 5.97 Å². The summed E-state index contributed by atoms with van der Waals surface area (Å²) in [6.45, 7) is 2.88. The predicted octanol–water partition coefficient (Wildman–Crippen LogP) is 4.99. The van der Waals surface area contributed by atoms with Crippen molar-refractivity contribution in [3.63, 3.8) is 0 Å². The molecule has 0 atom stereocenters. The normalized spacial score (nSPS) is 13.0. The fourth-order valence-corrected chi connectivity index (χ4v) is 5.00. The maximum atomic E-state index is 12.5. The number of aryl methyl sites for hydroxylation is 1. The third-order valence-corrected chi connectivity index (χ3v) is 6.15. The largest absolute Gasteiger partial charge is 0.462 e. The van der Waals surface area contributed by atoms with Gasteiger partial charge in [-0.1, -0.05) is 23.7 Å². The molecule has 1 aliphatic rings. The Labute approximate surface area is 174 Å². The average molecular weight is 423 g/mol. The Bertz CT molecular complexity index is 835. The minimum atomic E-state index is -0.263. The SMILES string of the molecule is CCOC(=O)c1c(NC(=S)NCCc2cccc(Cl)c2)sc2c1CCCC2. The molecule has 0 radical (unpaired) electrons. The van der Waals surface area contributed by atoms with Crippen LogP contribution in [0.2, 0.25) is 5.02 Å². The van der Waals surface area contributed by atoms with Gasteiger partial charge in [0.15, 0.2) is 5.11 Å². The van der Waals surface area contributed by atoms with E-state index in [1.165, 1.54) is 4.88 Å². The van der Waals surface area contributed by atoms with E-state index in [9.17, 15) is 4.79 Å². The van der Waals surface area contributed by atoms with Crippen LogP contribution in [0.1, 0.15) is 46.1 Å². The Morgan fingerprint density at radius 3 is 2.93 bits per heavy atom. The Balaban J connectivity index is 1.64. The van der Waals surface area contributed by atoms with Gasteiger partial charge in [-0.3, -0.25) is 0 Å². The standard InChI is InChI=1S/C20H23ClN2O2S2/c1-2-25-19(24)17-15-8-3-4-9-16(15)27-18(17)23-20(26)22-11-10-13-6-5-7-14(21)12-13/h5-7,12H,2-4,8-11H2,1H3,(H2,22,23,26). The van der Waals surface area contributed by atoms with Crippen molar-refractivity contribution in [3.05, 3.63) is 50.9 Å². The summed E-state index contributed by atoms with van der Waals surface area (Å²) in [5.74, 6) is -0.263. The molecule has 1 aromatic carbocycles. The molecular formula is C20H23ClN2O2S2. The fraction of sp³-hybridized carbons (Fsp3) is 0.400. The molecule has 0 aliphatic heterocycles. The Hall–Kier alpha value is -1.63. The summed E-state index contributed by atoms with van der Waals surface area (Å²) < 4.78 is 5.28. The zero-order valence-corrected chi connectivity index (χ0v) is 17.7. The predicted molar refractivity (Wildman–Crippen MR) is 116 cm³/mol. The highest BCUT2D eigenvalue weighted by molar-refractivity contribution is 7.80. The lowest BCUT2D eigenvalue weighted by molar-refractivity contribution is 0.0526. The third-order valence-electron chi connectivity index (χ3n) is 4.47. The summed E-state index contributed by atoms with van der Waals surface area (Å²) in [6.07, 6.45) is 5.03. The van der Waals surface area contributed by atoms with Crippen molar-refractivity contribution in [2.75, 3.05) is 18.5 Å². The first kappa shape index (κ1) is 20.1. The molecular weight excluding hydrogens is 400 g/mol. The summed E-state index contributed by atoms with van der Waals surface area (Å²) in [5, 5.41) is 8.47. The van der Waals surface area contributed by atoms with Crippen LogP contribution in [0.4, 0.5) is 5.00 Å². The number of hydrogen-bond acceptors (Lipinski definition) is 4. The lowest BCUT2D eigenvalue weighted by Crippen LogP contribution is -2.30. The molecule has 4 nitrogen and oxygen atoms in total. The molecule has 144 valence electrons. The highest BCUT2D eigenvalue weighted by atomic mass is 35.5. The molecule has 0 saturated heterocycles. The zero-order chi connectivity index (χ0) is 19.2. The van der Waals surface area contributed by atoms with Crippen molar-refractivity contribution in [3.8, 4) is 0 Å². The number of thiophene rings is 1. The Morgan fingerprint density at radius 1 is 1.33 bits per heavy atom. The minimum absolute atomic E-state index is 0.263. The number of thiocarbonyl (C=S) groups is 1. The van der Waals surface area contributed by atoms with Gasteiger partial charge in [-0.25, -0.2) is 4.79 Å². The number of carbonyl (C=O) groups is 1. The van der Waals surface area contributed by atoms with E-state index in [4.69, 9.17) is 28.6 Å². The number of rotatable bonds is 6. The molecule has 7 heteroatoms. The van der Waals surface area contributed by atoms with Gasteiger partial charge in [0.05, 0.1) is 12.2 Å². The van der Waals surface area contributed by atoms with Crippen LogP contribution >= 0.6 is 35.2 Å². The third kappa shape index (κ3) is 5.21. The van der Waals surface area contributed by atoms with Gasteiger partial charge in [0, 0.05) is 16.4 Å². The molecule has 1 aliphatic carbocycles. The van der Waals surface area contributed by atoms with E-state index >= 15 is 0 Å². The molecule has 0 saturated carbocycles. The van der Waals surface area contributed by atoms with Gasteiger partial charge < -0.3 is 15.4 Å². The molecule has 1 heterocycles. The minimum Gasteiger partial charge on any atom is -0.462 e. The van der Waals surface area contributed by atoms with Gasteiger partial charge in [-0.05, 0) is 74.5 Å². The van der Waals surface area contributed by atoms with Crippen molar-refractivity contribution < 1.29 is 9.53 Å². The van der Waals surface area contributed by atoms with Gasteiger partial charge in [-0.15, -0.1) is 11.3 Å². The maximum absolute atomic E-state index is 12.5. The number of anilines is 1. The van der Waals surface area contributed by atoms with Crippen molar-refractivity contribution in [2.24, 2.45) is 0 Å². The molecule has 1 aromatic heterocycles. The van der Waals surface area contributed by atoms with Crippen LogP contribution in [0.25, 0.3) is 0 Å². The van der Waals surface area contributed by atoms with Gasteiger partial charge in [0.25, 0.3) is 0 Å². The molecule has 3 rings (SSSR count). The quantitative estimate of drug-likeness (QED) is 0.507. The van der Waals surface area contributed by atoms with Crippen LogP contribution in [0.15, 0.2) is 24.3 Å². The summed E-state index contributed by atoms with van der Waals surface area (Å²) >= 11 is 13.1. The van der Waals surface area contributed by atoms with Crippen LogP contribution < -0.4 is 10.6 Å². The van der Waals surface area contributed by atoms with Crippen molar-refractivity contribution in [1.29, 1.82) is 0 Å². The summed E-state index contributed by atoms with van der Waals surface area (Å²) in [7, 11) is 0. The fourth-order valence-electron chi connectivity index (χ4n) is 3.23. The van der Waals surface area contributed by atoms with E-state index in [-0.39, 0.29) is 5.97 Å². The summed E-state index contributed by atoms with van der Waals surface area (Å²) in [4.78, 5) is 13.8. The Morgan fingerprint density at radius 2 is 2.15 bits per heavy atom. The van der Waals surface area contributed by atoms with Gasteiger partial charge in [0.1, 0.15) is 5.00 Å². The van der Waals surface area contributed by atoms with Gasteiger partial charge in [0.2, 0.25) is 0 Å². The molecule has 0 spiro atoms. The maximum Gasteiger partial charge on any atom is 0.341 e. The molecule has 0 amide bonds. The van der Waals surface area contributed by atoms with Crippen LogP contribution in [0.5, 0.6) is 0 Å². The molecule has 0 bridgehead atoms. The lowest BCUT2D eigenvalue weighted by Gasteiger charge is -2.13. The average Bonchev–Trinajstić information content (AvgIpc) is 2.99. The highest BCUT2D eigenvalue weighted by Crippen LogP contribution is 2.38. The molecule has 2 N–H and O–H groups in total. The summed E-state index contributed by atoms with van der Waals surface area (Å²) in [6, 6.07) is 7.79. The number of carbonyl (C=O) groups excluding carboxylic acids is 1. The zero-order valence-electron chi connectivity index (χ0n) is 15.3. The number of esters is 1.